The minimum absolute atomic E-state index is 0.196. The number of rotatable bonds is 8. The molecular weight excluding hydrogens is 340 g/mol. The summed E-state index contributed by atoms with van der Waals surface area (Å²) in [6.07, 6.45) is 0.400. The molecule has 0 spiro atoms. The average molecular weight is 362 g/mol. The van der Waals surface area contributed by atoms with Crippen molar-refractivity contribution in [2.24, 2.45) is 0 Å². The second-order valence-electron chi connectivity index (χ2n) is 6.04. The fourth-order valence-electron chi connectivity index (χ4n) is 2.68. The van der Waals surface area contributed by atoms with Gasteiger partial charge in [0.15, 0.2) is 5.69 Å². The van der Waals surface area contributed by atoms with Crippen LogP contribution in [0.4, 0.5) is 0 Å². The Hall–Kier alpha value is -3.05. The van der Waals surface area contributed by atoms with Crippen molar-refractivity contribution < 1.29 is 14.3 Å². The van der Waals surface area contributed by atoms with Crippen molar-refractivity contribution in [2.75, 3.05) is 6.61 Å². The Balaban J connectivity index is 1.76. The first kappa shape index (κ1) is 18.7. The normalized spacial score (nSPS) is 11.7. The molecule has 1 atom stereocenters. The third-order valence-corrected chi connectivity index (χ3v) is 4.06. The maximum absolute atomic E-state index is 11.8. The summed E-state index contributed by atoms with van der Waals surface area (Å²) in [5.41, 5.74) is 3.11. The number of carbonyl (C=O) groups excluding carboxylic acids is 1. The van der Waals surface area contributed by atoms with E-state index in [-0.39, 0.29) is 11.8 Å². The first-order valence-electron chi connectivity index (χ1n) is 8.96. The molecule has 1 unspecified atom stereocenters. The Morgan fingerprint density at radius 3 is 2.15 bits per heavy atom. The van der Waals surface area contributed by atoms with Crippen LogP contribution in [0.1, 0.15) is 40.3 Å². The fourth-order valence-corrected chi connectivity index (χ4v) is 2.68. The molecule has 0 aliphatic heterocycles. The van der Waals surface area contributed by atoms with Gasteiger partial charge in [-0.1, -0.05) is 60.7 Å². The van der Waals surface area contributed by atoms with Gasteiger partial charge in [-0.2, -0.15) is 5.10 Å². The summed E-state index contributed by atoms with van der Waals surface area (Å²) in [5, 5.41) is 8.23. The number of hydrogen-bond donors (Lipinski definition) is 0. The topological polar surface area (TPSA) is 61.3 Å². The number of hydrogen-bond acceptors (Lipinski definition) is 5. The van der Waals surface area contributed by atoms with E-state index in [0.717, 1.165) is 11.1 Å². The molecule has 138 valence electrons. The van der Waals surface area contributed by atoms with E-state index < -0.39 is 5.97 Å². The van der Waals surface area contributed by atoms with Gasteiger partial charge in [-0.25, -0.2) is 4.79 Å². The maximum Gasteiger partial charge on any atom is 0.358 e. The molecule has 0 amide bonds. The first-order chi connectivity index (χ1) is 13.3. The van der Waals surface area contributed by atoms with Crippen molar-refractivity contribution in [3.05, 3.63) is 95.3 Å². The second-order valence-corrected chi connectivity index (χ2v) is 6.04. The van der Waals surface area contributed by atoms with Crippen LogP contribution in [0.2, 0.25) is 0 Å². The average Bonchev–Trinajstić information content (AvgIpc) is 2.73. The zero-order valence-corrected chi connectivity index (χ0v) is 15.2. The molecule has 0 bridgehead atoms. The molecule has 3 aromatic rings. The van der Waals surface area contributed by atoms with Gasteiger partial charge in [0, 0.05) is 6.42 Å². The fraction of sp³-hybridized carbons (Fsp3) is 0.227. The molecule has 5 heteroatoms. The molecule has 1 heterocycles. The van der Waals surface area contributed by atoms with Gasteiger partial charge < -0.3 is 9.47 Å². The van der Waals surface area contributed by atoms with E-state index in [9.17, 15) is 4.79 Å². The molecule has 0 radical (unpaired) electrons. The Morgan fingerprint density at radius 1 is 0.889 bits per heavy atom. The zero-order valence-electron chi connectivity index (χ0n) is 15.2. The highest BCUT2D eigenvalue weighted by Crippen LogP contribution is 2.22. The molecule has 0 saturated heterocycles. The van der Waals surface area contributed by atoms with Crippen molar-refractivity contribution in [2.45, 2.75) is 26.1 Å². The highest BCUT2D eigenvalue weighted by molar-refractivity contribution is 5.86. The van der Waals surface area contributed by atoms with Gasteiger partial charge in [-0.05, 0) is 30.2 Å². The van der Waals surface area contributed by atoms with Crippen LogP contribution < -0.4 is 0 Å². The lowest BCUT2D eigenvalue weighted by molar-refractivity contribution is 0.0361. The second kappa shape index (κ2) is 9.59. The van der Waals surface area contributed by atoms with Crippen LogP contribution in [-0.2, 0) is 22.5 Å². The highest BCUT2D eigenvalue weighted by Gasteiger charge is 2.17. The summed E-state index contributed by atoms with van der Waals surface area (Å²) >= 11 is 0. The lowest BCUT2D eigenvalue weighted by Gasteiger charge is -2.17. The highest BCUT2D eigenvalue weighted by atomic mass is 16.5. The zero-order chi connectivity index (χ0) is 18.9. The van der Waals surface area contributed by atoms with E-state index in [2.05, 4.69) is 22.3 Å². The van der Waals surface area contributed by atoms with Gasteiger partial charge in [0.2, 0.25) is 0 Å². The van der Waals surface area contributed by atoms with Gasteiger partial charge in [-0.3, -0.25) is 0 Å². The summed E-state index contributed by atoms with van der Waals surface area (Å²) in [6, 6.07) is 23.5. The van der Waals surface area contributed by atoms with Crippen molar-refractivity contribution in [3.8, 4) is 0 Å². The van der Waals surface area contributed by atoms with Gasteiger partial charge in [0.25, 0.3) is 0 Å². The molecule has 1 aromatic heterocycles. The third kappa shape index (κ3) is 5.46. The van der Waals surface area contributed by atoms with Crippen LogP contribution in [0.3, 0.4) is 0 Å². The molecule has 0 aliphatic carbocycles. The summed E-state index contributed by atoms with van der Waals surface area (Å²) in [6.45, 7) is 2.53. The molecular formula is C22H22N2O3. The van der Waals surface area contributed by atoms with Crippen molar-refractivity contribution in [1.82, 2.24) is 10.2 Å². The van der Waals surface area contributed by atoms with Crippen molar-refractivity contribution >= 4 is 5.97 Å². The number of ether oxygens (including phenoxy) is 2. The molecule has 27 heavy (non-hydrogen) atoms. The maximum atomic E-state index is 11.8. The monoisotopic (exact) mass is 362 g/mol. The lowest BCUT2D eigenvalue weighted by Crippen LogP contribution is -2.13. The lowest BCUT2D eigenvalue weighted by atomic mass is 10.1. The Labute approximate surface area is 159 Å². The van der Waals surface area contributed by atoms with Crippen LogP contribution in [0, 0.1) is 0 Å². The molecule has 0 saturated carbocycles. The summed E-state index contributed by atoms with van der Waals surface area (Å²) in [4.78, 5) is 11.8. The standard InChI is InChI=1S/C22H22N2O3/c1-2-26-22(25)20-14-13-19(23-24-20)21(15-17-9-5-3-6-10-17)27-16-18-11-7-4-8-12-18/h3-14,21H,2,15-16H2,1H3. The number of carbonyl (C=O) groups is 1. The van der Waals surface area contributed by atoms with Crippen LogP contribution in [0.15, 0.2) is 72.8 Å². The predicted octanol–water partition coefficient (Wildman–Crippen LogP) is 4.15. The van der Waals surface area contributed by atoms with Crippen molar-refractivity contribution in [3.63, 3.8) is 0 Å². The SMILES string of the molecule is CCOC(=O)c1ccc(C(Cc2ccccc2)OCc2ccccc2)nn1. The minimum atomic E-state index is -0.471. The van der Waals surface area contributed by atoms with E-state index in [0.29, 0.717) is 25.3 Å². The van der Waals surface area contributed by atoms with Gasteiger partial charge >= 0.3 is 5.97 Å². The van der Waals surface area contributed by atoms with E-state index in [1.165, 1.54) is 0 Å². The van der Waals surface area contributed by atoms with Crippen LogP contribution in [0.25, 0.3) is 0 Å². The van der Waals surface area contributed by atoms with Crippen LogP contribution in [0.5, 0.6) is 0 Å². The molecule has 2 aromatic carbocycles. The Morgan fingerprint density at radius 2 is 1.56 bits per heavy atom. The van der Waals surface area contributed by atoms with Crippen molar-refractivity contribution in [1.29, 1.82) is 0 Å². The van der Waals surface area contributed by atoms with Gasteiger partial charge in [-0.15, -0.1) is 5.10 Å². The van der Waals surface area contributed by atoms with Crippen LogP contribution >= 0.6 is 0 Å². The molecule has 3 rings (SSSR count). The number of nitrogens with zero attached hydrogens (tertiary/aromatic N) is 2. The largest absolute Gasteiger partial charge is 0.461 e. The van der Waals surface area contributed by atoms with E-state index in [1.54, 1.807) is 19.1 Å². The Bertz CT molecular complexity index is 836. The smallest absolute Gasteiger partial charge is 0.358 e. The number of aromatic nitrogens is 2. The molecule has 0 fully saturated rings. The first-order valence-corrected chi connectivity index (χ1v) is 8.96. The Kier molecular flexibility index (Phi) is 6.66. The quantitative estimate of drug-likeness (QED) is 0.563. The number of esters is 1. The summed E-state index contributed by atoms with van der Waals surface area (Å²) in [5.74, 6) is -0.471. The third-order valence-electron chi connectivity index (χ3n) is 4.06. The minimum Gasteiger partial charge on any atom is -0.461 e. The molecule has 0 aliphatic rings. The van der Waals surface area contributed by atoms with Gasteiger partial charge in [0.05, 0.1) is 18.9 Å². The predicted molar refractivity (Wildman–Crippen MR) is 102 cm³/mol. The summed E-state index contributed by atoms with van der Waals surface area (Å²) < 4.78 is 11.1. The van der Waals surface area contributed by atoms with E-state index in [1.807, 2.05) is 48.5 Å². The van der Waals surface area contributed by atoms with Gasteiger partial charge in [0.1, 0.15) is 6.10 Å². The molecule has 5 nitrogen and oxygen atoms in total. The summed E-state index contributed by atoms with van der Waals surface area (Å²) in [7, 11) is 0. The number of benzene rings is 2. The van der Waals surface area contributed by atoms with Crippen LogP contribution in [-0.4, -0.2) is 22.8 Å². The van der Waals surface area contributed by atoms with E-state index >= 15 is 0 Å². The van der Waals surface area contributed by atoms with E-state index in [4.69, 9.17) is 9.47 Å². The molecule has 0 N–H and O–H groups in total.